The lowest BCUT2D eigenvalue weighted by Crippen LogP contribution is -2.42. The van der Waals surface area contributed by atoms with Crippen molar-refractivity contribution in [1.82, 2.24) is 15.2 Å². The molecule has 146 valence electrons. The second kappa shape index (κ2) is 7.81. The van der Waals surface area contributed by atoms with Crippen LogP contribution in [0.15, 0.2) is 48.0 Å². The molecule has 1 aromatic carbocycles. The number of anilines is 1. The second-order valence-corrected chi connectivity index (χ2v) is 7.50. The van der Waals surface area contributed by atoms with Crippen molar-refractivity contribution in [3.8, 4) is 5.75 Å². The topological polar surface area (TPSA) is 101 Å². The van der Waals surface area contributed by atoms with Crippen LogP contribution in [0.25, 0.3) is 0 Å². The third kappa shape index (κ3) is 4.04. The van der Waals surface area contributed by atoms with E-state index in [1.807, 2.05) is 6.92 Å². The van der Waals surface area contributed by atoms with Gasteiger partial charge in [0.1, 0.15) is 24.4 Å². The van der Waals surface area contributed by atoms with Crippen molar-refractivity contribution in [3.63, 3.8) is 0 Å². The number of hydrogen-bond donors (Lipinski definition) is 2. The SMILES string of the molecule is C=C(C)COc1ccc(C2(C)NC(=O)N(CC(=O)Nc3nccs3)C2=O)cc1. The molecule has 2 N–H and O–H groups in total. The first-order chi connectivity index (χ1) is 13.3. The number of rotatable bonds is 7. The highest BCUT2D eigenvalue weighted by atomic mass is 32.1. The Bertz CT molecular complexity index is 911. The number of urea groups is 1. The molecule has 1 aliphatic heterocycles. The first-order valence-electron chi connectivity index (χ1n) is 8.51. The van der Waals surface area contributed by atoms with Crippen LogP contribution in [0.1, 0.15) is 19.4 Å². The van der Waals surface area contributed by atoms with E-state index >= 15 is 0 Å². The molecule has 1 fully saturated rings. The van der Waals surface area contributed by atoms with Crippen LogP contribution in [-0.2, 0) is 15.1 Å². The van der Waals surface area contributed by atoms with Gasteiger partial charge in [-0.2, -0.15) is 0 Å². The number of carbonyl (C=O) groups excluding carboxylic acids is 3. The summed E-state index contributed by atoms with van der Waals surface area (Å²) in [5.41, 5.74) is 0.225. The lowest BCUT2D eigenvalue weighted by atomic mass is 9.92. The lowest BCUT2D eigenvalue weighted by Gasteiger charge is -2.22. The molecule has 1 aliphatic rings. The summed E-state index contributed by atoms with van der Waals surface area (Å²) in [6, 6.07) is 6.25. The van der Waals surface area contributed by atoms with Crippen LogP contribution >= 0.6 is 11.3 Å². The smallest absolute Gasteiger partial charge is 0.325 e. The molecule has 3 rings (SSSR count). The maximum absolute atomic E-state index is 12.9. The largest absolute Gasteiger partial charge is 0.489 e. The number of benzene rings is 1. The molecule has 28 heavy (non-hydrogen) atoms. The van der Waals surface area contributed by atoms with Gasteiger partial charge in [0, 0.05) is 11.6 Å². The minimum atomic E-state index is -1.26. The Labute approximate surface area is 166 Å². The Morgan fingerprint density at radius 1 is 1.36 bits per heavy atom. The fraction of sp³-hybridized carbons (Fsp3) is 0.263. The van der Waals surface area contributed by atoms with Crippen LogP contribution in [0, 0.1) is 0 Å². The molecule has 2 aromatic rings. The van der Waals surface area contributed by atoms with Gasteiger partial charge in [-0.05, 0) is 37.1 Å². The number of nitrogens with zero attached hydrogens (tertiary/aromatic N) is 2. The maximum Gasteiger partial charge on any atom is 0.325 e. The molecule has 0 bridgehead atoms. The average molecular weight is 400 g/mol. The van der Waals surface area contributed by atoms with Crippen LogP contribution in [0.2, 0.25) is 0 Å². The number of thiazole rings is 1. The number of hydrogen-bond acceptors (Lipinski definition) is 6. The van der Waals surface area contributed by atoms with E-state index in [4.69, 9.17) is 4.74 Å². The molecule has 1 unspecified atom stereocenters. The van der Waals surface area contributed by atoms with Crippen molar-refractivity contribution < 1.29 is 19.1 Å². The van der Waals surface area contributed by atoms with Crippen LogP contribution in [0.4, 0.5) is 9.93 Å². The van der Waals surface area contributed by atoms with Crippen molar-refractivity contribution in [1.29, 1.82) is 0 Å². The fourth-order valence-electron chi connectivity index (χ4n) is 2.71. The molecule has 0 saturated carbocycles. The zero-order valence-corrected chi connectivity index (χ0v) is 16.3. The molecule has 1 aromatic heterocycles. The van der Waals surface area contributed by atoms with Gasteiger partial charge in [0.2, 0.25) is 5.91 Å². The van der Waals surface area contributed by atoms with Crippen molar-refractivity contribution in [2.24, 2.45) is 0 Å². The van der Waals surface area contributed by atoms with Crippen LogP contribution < -0.4 is 15.4 Å². The van der Waals surface area contributed by atoms with Crippen molar-refractivity contribution in [2.45, 2.75) is 19.4 Å². The number of nitrogens with one attached hydrogen (secondary N) is 2. The highest BCUT2D eigenvalue weighted by molar-refractivity contribution is 7.13. The molecule has 9 heteroatoms. The van der Waals surface area contributed by atoms with E-state index in [0.717, 1.165) is 10.5 Å². The first-order valence-corrected chi connectivity index (χ1v) is 9.39. The number of imide groups is 1. The van der Waals surface area contributed by atoms with Crippen LogP contribution in [-0.4, -0.2) is 40.9 Å². The van der Waals surface area contributed by atoms with E-state index in [1.54, 1.807) is 42.8 Å². The van der Waals surface area contributed by atoms with Crippen LogP contribution in [0.3, 0.4) is 0 Å². The Morgan fingerprint density at radius 3 is 2.68 bits per heavy atom. The summed E-state index contributed by atoms with van der Waals surface area (Å²) in [6.07, 6.45) is 1.55. The number of aromatic nitrogens is 1. The minimum absolute atomic E-state index is 0.389. The second-order valence-electron chi connectivity index (χ2n) is 6.60. The number of amides is 4. The monoisotopic (exact) mass is 400 g/mol. The highest BCUT2D eigenvalue weighted by Crippen LogP contribution is 2.30. The molecule has 1 saturated heterocycles. The molecule has 0 spiro atoms. The summed E-state index contributed by atoms with van der Waals surface area (Å²) in [5, 5.41) is 7.35. The quantitative estimate of drug-likeness (QED) is 0.549. The van der Waals surface area contributed by atoms with Gasteiger partial charge in [-0.1, -0.05) is 18.7 Å². The van der Waals surface area contributed by atoms with Gasteiger partial charge >= 0.3 is 6.03 Å². The summed E-state index contributed by atoms with van der Waals surface area (Å²) >= 11 is 1.25. The third-order valence-corrected chi connectivity index (χ3v) is 4.86. The Kier molecular flexibility index (Phi) is 5.46. The molecule has 1 atom stereocenters. The van der Waals surface area contributed by atoms with E-state index < -0.39 is 23.4 Å². The van der Waals surface area contributed by atoms with E-state index in [1.165, 1.54) is 11.3 Å². The Morgan fingerprint density at radius 2 is 2.07 bits per heavy atom. The van der Waals surface area contributed by atoms with Crippen molar-refractivity contribution in [2.75, 3.05) is 18.5 Å². The zero-order valence-electron chi connectivity index (χ0n) is 15.5. The summed E-state index contributed by atoms with van der Waals surface area (Å²) in [6.45, 7) is 7.25. The summed E-state index contributed by atoms with van der Waals surface area (Å²) in [5.74, 6) is -0.361. The Hall–Kier alpha value is -3.20. The number of carbonyl (C=O) groups is 3. The summed E-state index contributed by atoms with van der Waals surface area (Å²) in [7, 11) is 0. The zero-order chi connectivity index (χ0) is 20.3. The Balaban J connectivity index is 1.70. The normalized spacial score (nSPS) is 18.7. The van der Waals surface area contributed by atoms with Gasteiger partial charge in [0.15, 0.2) is 5.13 Å². The predicted octanol–water partition coefficient (Wildman–Crippen LogP) is 2.50. The van der Waals surface area contributed by atoms with Crippen LogP contribution in [0.5, 0.6) is 5.75 Å². The van der Waals surface area contributed by atoms with E-state index in [0.29, 0.717) is 23.1 Å². The molecular weight excluding hydrogens is 380 g/mol. The molecular formula is C19H20N4O4S. The standard InChI is InChI=1S/C19H20N4O4S/c1-12(2)11-27-14-6-4-13(5-7-14)19(3)16(25)23(18(26)22-19)10-15(24)21-17-20-8-9-28-17/h4-9H,1,10-11H2,2-3H3,(H,22,26)(H,20,21,24). The number of ether oxygens (including phenoxy) is 1. The lowest BCUT2D eigenvalue weighted by molar-refractivity contribution is -0.133. The van der Waals surface area contributed by atoms with E-state index in [-0.39, 0.29) is 6.54 Å². The molecule has 4 amide bonds. The maximum atomic E-state index is 12.9. The van der Waals surface area contributed by atoms with Gasteiger partial charge in [-0.25, -0.2) is 9.78 Å². The van der Waals surface area contributed by atoms with Gasteiger partial charge in [0.05, 0.1) is 0 Å². The molecule has 0 aliphatic carbocycles. The van der Waals surface area contributed by atoms with E-state index in [9.17, 15) is 14.4 Å². The van der Waals surface area contributed by atoms with Gasteiger partial charge in [0.25, 0.3) is 5.91 Å². The predicted molar refractivity (Wildman–Crippen MR) is 105 cm³/mol. The summed E-state index contributed by atoms with van der Waals surface area (Å²) in [4.78, 5) is 42.2. The third-order valence-electron chi connectivity index (χ3n) is 4.17. The fourth-order valence-corrected chi connectivity index (χ4v) is 3.26. The summed E-state index contributed by atoms with van der Waals surface area (Å²) < 4.78 is 5.55. The van der Waals surface area contributed by atoms with Crippen molar-refractivity contribution in [3.05, 3.63) is 53.6 Å². The minimum Gasteiger partial charge on any atom is -0.489 e. The van der Waals surface area contributed by atoms with Gasteiger partial charge in [-0.3, -0.25) is 14.5 Å². The average Bonchev–Trinajstić information content (AvgIpc) is 3.23. The van der Waals surface area contributed by atoms with Gasteiger partial charge in [-0.15, -0.1) is 11.3 Å². The first kappa shape index (κ1) is 19.6. The molecule has 0 radical (unpaired) electrons. The van der Waals surface area contributed by atoms with E-state index in [2.05, 4.69) is 22.2 Å². The highest BCUT2D eigenvalue weighted by Gasteiger charge is 2.49. The molecule has 2 heterocycles. The van der Waals surface area contributed by atoms with Crippen molar-refractivity contribution >= 4 is 34.3 Å². The van der Waals surface area contributed by atoms with Gasteiger partial charge < -0.3 is 15.4 Å². The molecule has 8 nitrogen and oxygen atoms in total.